The van der Waals surface area contributed by atoms with Crippen molar-refractivity contribution in [2.24, 2.45) is 17.3 Å². The molecule has 4 nitrogen and oxygen atoms in total. The van der Waals surface area contributed by atoms with Crippen molar-refractivity contribution >= 4 is 22.6 Å². The molecule has 0 saturated heterocycles. The van der Waals surface area contributed by atoms with Gasteiger partial charge in [-0.3, -0.25) is 4.79 Å². The number of allylic oxidation sites excluding steroid dienone is 3. The van der Waals surface area contributed by atoms with Crippen molar-refractivity contribution < 1.29 is 18.4 Å². The van der Waals surface area contributed by atoms with Crippen molar-refractivity contribution in [3.63, 3.8) is 0 Å². The Morgan fingerprint density at radius 2 is 1.46 bits per heavy atom. The molecule has 0 aromatic carbocycles. The first kappa shape index (κ1) is 34.5. The smallest absolute Gasteiger partial charge is 0.302 e. The minimum Gasteiger partial charge on any atom is -0.463 e. The molecule has 6 heteroatoms. The molecule has 0 N–H and O–H groups in total. The molecule has 6 atom stereocenters. The lowest BCUT2D eigenvalue weighted by atomic mass is 9.62. The Balaban J connectivity index is 1.91. The number of carbonyl (C=O) groups excluding carboxylic acids is 1. The van der Waals surface area contributed by atoms with E-state index in [0.717, 1.165) is 24.8 Å². The molecular formula is C35H62O4Si2. The second-order valence-corrected chi connectivity index (χ2v) is 26.2. The maximum atomic E-state index is 11.7. The Morgan fingerprint density at radius 1 is 0.951 bits per heavy atom. The number of hydrogen-bond donors (Lipinski definition) is 0. The molecule has 41 heavy (non-hydrogen) atoms. The van der Waals surface area contributed by atoms with Crippen molar-refractivity contribution in [3.8, 4) is 0 Å². The summed E-state index contributed by atoms with van der Waals surface area (Å²) in [4.78, 5) is 11.7. The van der Waals surface area contributed by atoms with Crippen LogP contribution in [0.15, 0.2) is 35.5 Å². The molecule has 0 bridgehead atoms. The number of rotatable bonds is 7. The molecule has 0 radical (unpaired) electrons. The highest BCUT2D eigenvalue weighted by Gasteiger charge is 2.52. The van der Waals surface area contributed by atoms with Crippen LogP contribution in [0.1, 0.15) is 107 Å². The fourth-order valence-corrected chi connectivity index (χ4v) is 9.68. The molecule has 0 aromatic heterocycles. The fraction of sp³-hybridized carbons (Fsp3) is 0.800. The van der Waals surface area contributed by atoms with E-state index in [2.05, 4.69) is 100 Å². The van der Waals surface area contributed by atoms with Crippen LogP contribution in [-0.4, -0.2) is 40.9 Å². The van der Waals surface area contributed by atoms with E-state index in [4.69, 9.17) is 13.6 Å². The molecule has 0 spiro atoms. The van der Waals surface area contributed by atoms with Crippen molar-refractivity contribution in [1.29, 1.82) is 0 Å². The monoisotopic (exact) mass is 602 g/mol. The molecule has 0 unspecified atom stereocenters. The van der Waals surface area contributed by atoms with Crippen LogP contribution in [0.4, 0.5) is 0 Å². The van der Waals surface area contributed by atoms with Gasteiger partial charge in [0.2, 0.25) is 0 Å². The molecule has 0 heterocycles. The van der Waals surface area contributed by atoms with Gasteiger partial charge in [0.25, 0.3) is 0 Å². The lowest BCUT2D eigenvalue weighted by Crippen LogP contribution is -2.49. The first-order valence-corrected chi connectivity index (χ1v) is 22.0. The van der Waals surface area contributed by atoms with E-state index in [-0.39, 0.29) is 39.8 Å². The molecule has 3 fully saturated rings. The Bertz CT molecular complexity index is 999. The summed E-state index contributed by atoms with van der Waals surface area (Å²) in [5.74, 6) is 0.826. The number of ether oxygens (including phenoxy) is 1. The van der Waals surface area contributed by atoms with Crippen molar-refractivity contribution in [3.05, 3.63) is 35.5 Å². The van der Waals surface area contributed by atoms with E-state index >= 15 is 0 Å². The van der Waals surface area contributed by atoms with Crippen LogP contribution in [0.25, 0.3) is 0 Å². The van der Waals surface area contributed by atoms with E-state index in [1.807, 2.05) is 0 Å². The first-order valence-electron chi connectivity index (χ1n) is 16.2. The molecule has 0 aliphatic heterocycles. The van der Waals surface area contributed by atoms with Gasteiger partial charge in [-0.15, -0.1) is 0 Å². The van der Waals surface area contributed by atoms with Gasteiger partial charge in [-0.1, -0.05) is 78.3 Å². The van der Waals surface area contributed by atoms with E-state index in [1.165, 1.54) is 38.2 Å². The second kappa shape index (κ2) is 12.2. The quantitative estimate of drug-likeness (QED) is 0.165. The normalized spacial score (nSPS) is 31.7. The summed E-state index contributed by atoms with van der Waals surface area (Å²) >= 11 is 0. The summed E-state index contributed by atoms with van der Waals surface area (Å²) in [6.45, 7) is 34.0. The van der Waals surface area contributed by atoms with Crippen molar-refractivity contribution in [1.82, 2.24) is 0 Å². The van der Waals surface area contributed by atoms with Gasteiger partial charge in [-0.05, 0) is 105 Å². The van der Waals surface area contributed by atoms with Gasteiger partial charge >= 0.3 is 5.97 Å². The average molecular weight is 603 g/mol. The van der Waals surface area contributed by atoms with Crippen molar-refractivity contribution in [2.75, 3.05) is 0 Å². The molecule has 0 aromatic rings. The van der Waals surface area contributed by atoms with Crippen LogP contribution in [0.3, 0.4) is 0 Å². The number of hydrogen-bond acceptors (Lipinski definition) is 4. The summed E-state index contributed by atoms with van der Waals surface area (Å²) in [6.07, 6.45) is 12.6. The third-order valence-corrected chi connectivity index (χ3v) is 20.7. The highest BCUT2D eigenvalue weighted by atomic mass is 28.4. The summed E-state index contributed by atoms with van der Waals surface area (Å²) in [6, 6.07) is 0. The summed E-state index contributed by atoms with van der Waals surface area (Å²) in [7, 11) is -3.97. The van der Waals surface area contributed by atoms with Crippen molar-refractivity contribution in [2.45, 2.75) is 162 Å². The third-order valence-electron chi connectivity index (χ3n) is 11.7. The standard InChI is InChI=1S/C35H62O4Si2/c1-24-31(38-40(11,12)33(4,5)6)22-27(23-32(24)39-41(13,14)34(7,8)9)17-18-28-16-15-21-35(10)29(19-20-30(28)35)25(2)37-26(3)36/h17-18,25,29-32H,1,15-16,19-23H2,2-14H3/t25-,29+,30-,31+,32+,35+/m0/s1. The van der Waals surface area contributed by atoms with Crippen LogP contribution in [0.2, 0.25) is 36.3 Å². The van der Waals surface area contributed by atoms with E-state index < -0.39 is 16.6 Å². The maximum absolute atomic E-state index is 11.7. The molecule has 234 valence electrons. The van der Waals surface area contributed by atoms with Gasteiger partial charge in [-0.25, -0.2) is 0 Å². The number of esters is 1. The van der Waals surface area contributed by atoms with Crippen LogP contribution >= 0.6 is 0 Å². The van der Waals surface area contributed by atoms with E-state index in [9.17, 15) is 4.79 Å². The lowest BCUT2D eigenvalue weighted by molar-refractivity contribution is -0.150. The highest BCUT2D eigenvalue weighted by Crippen LogP contribution is 2.58. The Morgan fingerprint density at radius 3 is 1.93 bits per heavy atom. The topological polar surface area (TPSA) is 44.8 Å². The van der Waals surface area contributed by atoms with Gasteiger partial charge in [0.15, 0.2) is 16.6 Å². The maximum Gasteiger partial charge on any atom is 0.302 e. The van der Waals surface area contributed by atoms with E-state index in [1.54, 1.807) is 5.57 Å². The summed E-state index contributed by atoms with van der Waals surface area (Å²) < 4.78 is 19.8. The average Bonchev–Trinajstić information content (AvgIpc) is 3.15. The van der Waals surface area contributed by atoms with Crippen LogP contribution in [0, 0.1) is 17.3 Å². The van der Waals surface area contributed by atoms with Crippen LogP contribution in [-0.2, 0) is 18.4 Å². The zero-order chi connectivity index (χ0) is 31.2. The zero-order valence-electron chi connectivity index (χ0n) is 28.8. The molecule has 3 saturated carbocycles. The molecule has 3 aliphatic carbocycles. The predicted molar refractivity (Wildman–Crippen MR) is 178 cm³/mol. The fourth-order valence-electron chi connectivity index (χ4n) is 7.08. The minimum atomic E-state index is -1.99. The number of carbonyl (C=O) groups is 1. The van der Waals surface area contributed by atoms with Gasteiger partial charge < -0.3 is 13.6 Å². The van der Waals surface area contributed by atoms with E-state index in [0.29, 0.717) is 11.8 Å². The largest absolute Gasteiger partial charge is 0.463 e. The third kappa shape index (κ3) is 7.59. The van der Waals surface area contributed by atoms with Crippen LogP contribution in [0.5, 0.6) is 0 Å². The first-order chi connectivity index (χ1) is 18.6. The molecule has 0 amide bonds. The Hall–Kier alpha value is -0.956. The van der Waals surface area contributed by atoms with Crippen LogP contribution < -0.4 is 0 Å². The van der Waals surface area contributed by atoms with Gasteiger partial charge in [0.1, 0.15) is 6.10 Å². The SMILES string of the molecule is C=C1[C@H](O[Si](C)(C)C(C)(C)C)CC(=CC=C2CCC[C@]3(C)[C@@H]([C@H](C)OC(C)=O)CC[C@@H]23)C[C@H]1O[Si](C)(C)C(C)(C)C. The van der Waals surface area contributed by atoms with Gasteiger partial charge in [0.05, 0.1) is 12.2 Å². The second-order valence-electron chi connectivity index (χ2n) is 16.7. The minimum absolute atomic E-state index is 0.00104. The van der Waals surface area contributed by atoms with Gasteiger partial charge in [-0.2, -0.15) is 0 Å². The summed E-state index contributed by atoms with van der Waals surface area (Å²) in [5.41, 5.74) is 4.33. The Labute approximate surface area is 255 Å². The Kier molecular flexibility index (Phi) is 10.3. The molecule has 3 rings (SSSR count). The summed E-state index contributed by atoms with van der Waals surface area (Å²) in [5, 5.41) is 0.280. The lowest BCUT2D eigenvalue weighted by Gasteiger charge is -2.46. The molecule has 3 aliphatic rings. The highest BCUT2D eigenvalue weighted by molar-refractivity contribution is 6.74. The van der Waals surface area contributed by atoms with Gasteiger partial charge in [0, 0.05) is 12.8 Å². The zero-order valence-corrected chi connectivity index (χ0v) is 30.8. The molecular weight excluding hydrogens is 541 g/mol. The predicted octanol–water partition coefficient (Wildman–Crippen LogP) is 10.1. The number of fused-ring (bicyclic) bond motifs is 1.